The highest BCUT2D eigenvalue weighted by atomic mass is 19.1. The number of hydrogen-bond acceptors (Lipinski definition) is 4. The number of ketones is 1. The van der Waals surface area contributed by atoms with Gasteiger partial charge in [-0.15, -0.1) is 0 Å². The highest BCUT2D eigenvalue weighted by molar-refractivity contribution is 5.97. The number of carbonyl (C=O) groups excluding carboxylic acids is 2. The minimum Gasteiger partial charge on any atom is -0.346 e. The highest BCUT2D eigenvalue weighted by Gasteiger charge is 2.29. The number of rotatable bonds is 7. The molecule has 1 aromatic carbocycles. The van der Waals surface area contributed by atoms with Gasteiger partial charge < -0.3 is 4.90 Å². The molecule has 1 saturated heterocycles. The zero-order valence-corrected chi connectivity index (χ0v) is 14.5. The second kappa shape index (κ2) is 8.35. The van der Waals surface area contributed by atoms with E-state index < -0.39 is 0 Å². The lowest BCUT2D eigenvalue weighted by molar-refractivity contribution is -0.130. The Morgan fingerprint density at radius 3 is 2.25 bits per heavy atom. The number of amides is 1. The molecule has 6 heteroatoms. The fourth-order valence-electron chi connectivity index (χ4n) is 3.07. The third-order valence-corrected chi connectivity index (χ3v) is 4.78. The number of hydrogen-bond donors (Lipinski definition) is 2. The van der Waals surface area contributed by atoms with Crippen molar-refractivity contribution in [3.63, 3.8) is 0 Å². The van der Waals surface area contributed by atoms with Crippen LogP contribution < -0.4 is 10.9 Å². The van der Waals surface area contributed by atoms with Gasteiger partial charge in [-0.2, -0.15) is 0 Å². The van der Waals surface area contributed by atoms with Crippen molar-refractivity contribution in [1.29, 1.82) is 0 Å². The van der Waals surface area contributed by atoms with Gasteiger partial charge in [0.2, 0.25) is 5.91 Å². The van der Waals surface area contributed by atoms with Crippen LogP contribution in [0, 0.1) is 11.7 Å². The van der Waals surface area contributed by atoms with E-state index in [0.29, 0.717) is 30.1 Å². The van der Waals surface area contributed by atoms with Gasteiger partial charge in [0.05, 0.1) is 0 Å². The first kappa shape index (κ1) is 18.5. The van der Waals surface area contributed by atoms with Crippen molar-refractivity contribution in [1.82, 2.24) is 15.8 Å². The molecular formula is C18H26FN3O2. The Morgan fingerprint density at radius 2 is 1.67 bits per heavy atom. The van der Waals surface area contributed by atoms with E-state index in [1.165, 1.54) is 24.3 Å². The van der Waals surface area contributed by atoms with Gasteiger partial charge in [0, 0.05) is 44.1 Å². The van der Waals surface area contributed by atoms with E-state index in [0.717, 1.165) is 6.42 Å². The lowest BCUT2D eigenvalue weighted by Gasteiger charge is -2.22. The summed E-state index contributed by atoms with van der Waals surface area (Å²) >= 11 is 0. The van der Waals surface area contributed by atoms with E-state index in [1.807, 2.05) is 0 Å². The van der Waals surface area contributed by atoms with Gasteiger partial charge in [0.1, 0.15) is 5.82 Å². The van der Waals surface area contributed by atoms with Gasteiger partial charge in [-0.25, -0.2) is 4.39 Å². The Bertz CT molecular complexity index is 566. The number of Topliss-reactive ketones (excluding diaryl/α,β-unsaturated/α-hetero) is 1. The van der Waals surface area contributed by atoms with Gasteiger partial charge in [0.25, 0.3) is 0 Å². The maximum Gasteiger partial charge on any atom is 0.222 e. The molecule has 2 N–H and O–H groups in total. The number of carbonyl (C=O) groups is 2. The summed E-state index contributed by atoms with van der Waals surface area (Å²) in [6.45, 7) is 4.93. The maximum absolute atomic E-state index is 12.9. The molecule has 1 amide bonds. The minimum absolute atomic E-state index is 0.0373. The van der Waals surface area contributed by atoms with Gasteiger partial charge in [0.15, 0.2) is 5.78 Å². The standard InChI is InChI=1S/C18H26FN3O2/c1-12-16(13(2)21-20-12)10-11-22(3)18(24)9-8-17(23)14-4-6-15(19)7-5-14/h4-7,12-13,16,20-21H,8-11H2,1-3H3. The second-order valence-electron chi connectivity index (χ2n) is 6.56. The van der Waals surface area contributed by atoms with Crippen LogP contribution in [0.1, 0.15) is 43.5 Å². The number of nitrogens with zero attached hydrogens (tertiary/aromatic N) is 1. The van der Waals surface area contributed by atoms with Crippen LogP contribution in [0.3, 0.4) is 0 Å². The Hall–Kier alpha value is -1.79. The number of nitrogens with one attached hydrogen (secondary N) is 2. The fraction of sp³-hybridized carbons (Fsp3) is 0.556. The summed E-state index contributed by atoms with van der Waals surface area (Å²) < 4.78 is 12.9. The zero-order chi connectivity index (χ0) is 17.7. The second-order valence-corrected chi connectivity index (χ2v) is 6.56. The average molecular weight is 335 g/mol. The van der Waals surface area contributed by atoms with Crippen LogP contribution in [0.15, 0.2) is 24.3 Å². The molecule has 1 aliphatic rings. The molecule has 0 radical (unpaired) electrons. The highest BCUT2D eigenvalue weighted by Crippen LogP contribution is 2.18. The zero-order valence-electron chi connectivity index (χ0n) is 14.5. The Labute approximate surface area is 142 Å². The lowest BCUT2D eigenvalue weighted by atomic mass is 9.93. The predicted molar refractivity (Wildman–Crippen MR) is 90.9 cm³/mol. The summed E-state index contributed by atoms with van der Waals surface area (Å²) in [4.78, 5) is 25.9. The van der Waals surface area contributed by atoms with Crippen molar-refractivity contribution in [2.24, 2.45) is 5.92 Å². The van der Waals surface area contributed by atoms with Crippen LogP contribution in [-0.4, -0.2) is 42.3 Å². The van der Waals surface area contributed by atoms with E-state index in [4.69, 9.17) is 0 Å². The van der Waals surface area contributed by atoms with Crippen LogP contribution in [0.5, 0.6) is 0 Å². The molecule has 132 valence electrons. The van der Waals surface area contributed by atoms with Gasteiger partial charge >= 0.3 is 0 Å². The summed E-state index contributed by atoms with van der Waals surface area (Å²) in [5, 5.41) is 0. The van der Waals surface area contributed by atoms with E-state index in [2.05, 4.69) is 24.7 Å². The molecule has 5 nitrogen and oxygen atoms in total. The van der Waals surface area contributed by atoms with E-state index >= 15 is 0 Å². The molecule has 0 aliphatic carbocycles. The van der Waals surface area contributed by atoms with E-state index in [-0.39, 0.29) is 30.3 Å². The van der Waals surface area contributed by atoms with Gasteiger partial charge in [-0.3, -0.25) is 20.4 Å². The van der Waals surface area contributed by atoms with Crippen LogP contribution in [-0.2, 0) is 4.79 Å². The quantitative estimate of drug-likeness (QED) is 0.750. The average Bonchev–Trinajstić information content (AvgIpc) is 2.89. The van der Waals surface area contributed by atoms with E-state index in [9.17, 15) is 14.0 Å². The Morgan fingerprint density at radius 1 is 1.08 bits per heavy atom. The Balaban J connectivity index is 1.75. The number of halogens is 1. The Kier molecular flexibility index (Phi) is 6.45. The molecule has 2 unspecified atom stereocenters. The topological polar surface area (TPSA) is 61.4 Å². The molecule has 2 rings (SSSR count). The number of hydrazine groups is 1. The minimum atomic E-state index is -0.373. The van der Waals surface area contributed by atoms with E-state index in [1.54, 1.807) is 11.9 Å². The third-order valence-electron chi connectivity index (χ3n) is 4.78. The normalized spacial score (nSPS) is 23.2. The summed E-state index contributed by atoms with van der Waals surface area (Å²) in [5.74, 6) is -0.0734. The molecule has 0 bridgehead atoms. The van der Waals surface area contributed by atoms with Crippen molar-refractivity contribution in [2.45, 2.75) is 45.2 Å². The summed E-state index contributed by atoms with van der Waals surface area (Å²) in [5.41, 5.74) is 6.86. The molecule has 1 heterocycles. The monoisotopic (exact) mass is 335 g/mol. The van der Waals surface area contributed by atoms with Crippen LogP contribution in [0.4, 0.5) is 4.39 Å². The first-order valence-corrected chi connectivity index (χ1v) is 8.42. The molecule has 0 spiro atoms. The molecule has 1 fully saturated rings. The molecule has 2 atom stereocenters. The first-order valence-electron chi connectivity index (χ1n) is 8.42. The molecular weight excluding hydrogens is 309 g/mol. The fourth-order valence-corrected chi connectivity index (χ4v) is 3.07. The summed E-state index contributed by atoms with van der Waals surface area (Å²) in [6.07, 6.45) is 1.24. The third kappa shape index (κ3) is 4.85. The van der Waals surface area contributed by atoms with Gasteiger partial charge in [-0.1, -0.05) is 0 Å². The van der Waals surface area contributed by atoms with Crippen molar-refractivity contribution < 1.29 is 14.0 Å². The largest absolute Gasteiger partial charge is 0.346 e. The predicted octanol–water partition coefficient (Wildman–Crippen LogP) is 2.14. The van der Waals surface area contributed by atoms with Crippen molar-refractivity contribution in [3.8, 4) is 0 Å². The lowest BCUT2D eigenvalue weighted by Crippen LogP contribution is -2.32. The van der Waals surface area contributed by atoms with Crippen LogP contribution in [0.25, 0.3) is 0 Å². The maximum atomic E-state index is 12.9. The van der Waals surface area contributed by atoms with Crippen molar-refractivity contribution >= 4 is 11.7 Å². The summed E-state index contributed by atoms with van der Waals surface area (Å²) in [7, 11) is 1.77. The first-order chi connectivity index (χ1) is 11.4. The molecule has 1 aliphatic heterocycles. The SMILES string of the molecule is CC1NNC(C)C1CCN(C)C(=O)CCC(=O)c1ccc(F)cc1. The molecule has 0 aromatic heterocycles. The summed E-state index contributed by atoms with van der Waals surface area (Å²) in [6, 6.07) is 6.18. The molecule has 24 heavy (non-hydrogen) atoms. The number of benzene rings is 1. The van der Waals surface area contributed by atoms with Crippen LogP contribution >= 0.6 is 0 Å². The van der Waals surface area contributed by atoms with Crippen molar-refractivity contribution in [2.75, 3.05) is 13.6 Å². The van der Waals surface area contributed by atoms with Crippen LogP contribution in [0.2, 0.25) is 0 Å². The van der Waals surface area contributed by atoms with Gasteiger partial charge in [-0.05, 0) is 50.5 Å². The smallest absolute Gasteiger partial charge is 0.222 e. The molecule has 1 aromatic rings. The van der Waals surface area contributed by atoms with Crippen molar-refractivity contribution in [3.05, 3.63) is 35.6 Å². The molecule has 0 saturated carbocycles.